The molecule has 0 saturated heterocycles. The SMILES string of the molecule is Cc1cc(Nc2ccc(OC(C)(C)C=O)cn2)c(=O)n(C)n1. The van der Waals surface area contributed by atoms with Crippen LogP contribution >= 0.6 is 0 Å². The topological polar surface area (TPSA) is 86.1 Å². The number of aldehydes is 1. The Morgan fingerprint density at radius 2 is 2.09 bits per heavy atom. The monoisotopic (exact) mass is 302 g/mol. The summed E-state index contributed by atoms with van der Waals surface area (Å²) in [6, 6.07) is 5.01. The molecule has 0 aromatic carbocycles. The van der Waals surface area contributed by atoms with Crippen LogP contribution in [0.25, 0.3) is 0 Å². The Labute approximate surface area is 128 Å². The molecule has 0 saturated carbocycles. The first-order valence-electron chi connectivity index (χ1n) is 6.74. The fourth-order valence-corrected chi connectivity index (χ4v) is 1.83. The molecular weight excluding hydrogens is 284 g/mol. The third-order valence-corrected chi connectivity index (χ3v) is 2.85. The number of carbonyl (C=O) groups is 1. The van der Waals surface area contributed by atoms with Crippen molar-refractivity contribution in [1.82, 2.24) is 14.8 Å². The normalized spacial score (nSPS) is 11.1. The van der Waals surface area contributed by atoms with Gasteiger partial charge in [-0.3, -0.25) is 9.59 Å². The van der Waals surface area contributed by atoms with Gasteiger partial charge < -0.3 is 10.1 Å². The zero-order chi connectivity index (χ0) is 16.3. The van der Waals surface area contributed by atoms with Gasteiger partial charge >= 0.3 is 0 Å². The average molecular weight is 302 g/mol. The molecule has 0 amide bonds. The molecule has 22 heavy (non-hydrogen) atoms. The molecule has 0 aliphatic rings. The molecule has 0 fully saturated rings. The maximum Gasteiger partial charge on any atom is 0.290 e. The van der Waals surface area contributed by atoms with E-state index in [1.54, 1.807) is 46.0 Å². The maximum absolute atomic E-state index is 12.0. The summed E-state index contributed by atoms with van der Waals surface area (Å²) in [6.45, 7) is 5.13. The van der Waals surface area contributed by atoms with E-state index in [-0.39, 0.29) is 5.56 Å². The first-order chi connectivity index (χ1) is 10.3. The molecule has 0 unspecified atom stereocenters. The van der Waals surface area contributed by atoms with Crippen molar-refractivity contribution in [3.63, 3.8) is 0 Å². The first kappa shape index (κ1) is 15.7. The van der Waals surface area contributed by atoms with Gasteiger partial charge in [-0.15, -0.1) is 0 Å². The zero-order valence-corrected chi connectivity index (χ0v) is 13.0. The van der Waals surface area contributed by atoms with Crippen LogP contribution in [-0.4, -0.2) is 26.7 Å². The van der Waals surface area contributed by atoms with E-state index < -0.39 is 5.60 Å². The highest BCUT2D eigenvalue weighted by Crippen LogP contribution is 2.19. The second-order valence-electron chi connectivity index (χ2n) is 5.46. The van der Waals surface area contributed by atoms with Crippen LogP contribution in [0.3, 0.4) is 0 Å². The predicted octanol–water partition coefficient (Wildman–Crippen LogP) is 1.58. The van der Waals surface area contributed by atoms with Gasteiger partial charge in [-0.2, -0.15) is 5.10 Å². The van der Waals surface area contributed by atoms with Gasteiger partial charge in [0, 0.05) is 7.05 Å². The highest BCUT2D eigenvalue weighted by atomic mass is 16.5. The van der Waals surface area contributed by atoms with Gasteiger partial charge in [0.15, 0.2) is 11.9 Å². The van der Waals surface area contributed by atoms with Crippen LogP contribution in [0.1, 0.15) is 19.5 Å². The van der Waals surface area contributed by atoms with Gasteiger partial charge in [0.05, 0.1) is 11.9 Å². The number of rotatable bonds is 5. The molecule has 0 atom stereocenters. The van der Waals surface area contributed by atoms with Crippen LogP contribution in [0.2, 0.25) is 0 Å². The second kappa shape index (κ2) is 5.97. The fraction of sp³-hybridized carbons (Fsp3) is 0.333. The summed E-state index contributed by atoms with van der Waals surface area (Å²) in [4.78, 5) is 27.0. The largest absolute Gasteiger partial charge is 0.479 e. The van der Waals surface area contributed by atoms with Gasteiger partial charge in [-0.05, 0) is 39.0 Å². The van der Waals surface area contributed by atoms with Crippen molar-refractivity contribution in [1.29, 1.82) is 0 Å². The maximum atomic E-state index is 12.0. The second-order valence-corrected chi connectivity index (χ2v) is 5.46. The molecule has 2 rings (SSSR count). The summed E-state index contributed by atoms with van der Waals surface area (Å²) in [6.07, 6.45) is 2.22. The van der Waals surface area contributed by atoms with Crippen molar-refractivity contribution in [2.45, 2.75) is 26.4 Å². The van der Waals surface area contributed by atoms with Crippen molar-refractivity contribution < 1.29 is 9.53 Å². The van der Waals surface area contributed by atoms with E-state index in [4.69, 9.17) is 4.74 Å². The van der Waals surface area contributed by atoms with E-state index in [1.807, 2.05) is 0 Å². The number of hydrogen-bond acceptors (Lipinski definition) is 6. The smallest absolute Gasteiger partial charge is 0.290 e. The predicted molar refractivity (Wildman–Crippen MR) is 82.5 cm³/mol. The van der Waals surface area contributed by atoms with Gasteiger partial charge in [-0.25, -0.2) is 9.67 Å². The Kier molecular flexibility index (Phi) is 4.25. The molecule has 0 spiro atoms. The lowest BCUT2D eigenvalue weighted by atomic mass is 10.2. The molecule has 0 bridgehead atoms. The molecule has 0 aliphatic heterocycles. The van der Waals surface area contributed by atoms with Gasteiger partial charge in [0.2, 0.25) is 0 Å². The van der Waals surface area contributed by atoms with Crippen LogP contribution in [-0.2, 0) is 11.8 Å². The molecule has 2 aromatic rings. The Bertz CT molecular complexity index is 735. The summed E-state index contributed by atoms with van der Waals surface area (Å²) in [5.74, 6) is 0.973. The number of ether oxygens (including phenoxy) is 1. The molecule has 0 aliphatic carbocycles. The number of aryl methyl sites for hydroxylation is 2. The van der Waals surface area contributed by atoms with Crippen LogP contribution in [0, 0.1) is 6.92 Å². The molecule has 7 nitrogen and oxygen atoms in total. The third kappa shape index (κ3) is 3.69. The Morgan fingerprint density at radius 1 is 1.36 bits per heavy atom. The van der Waals surface area contributed by atoms with Crippen molar-refractivity contribution in [3.05, 3.63) is 40.4 Å². The minimum Gasteiger partial charge on any atom is -0.479 e. The van der Waals surface area contributed by atoms with Crippen LogP contribution in [0.4, 0.5) is 11.5 Å². The van der Waals surface area contributed by atoms with E-state index in [0.717, 1.165) is 12.0 Å². The van der Waals surface area contributed by atoms with E-state index in [9.17, 15) is 9.59 Å². The number of nitrogens with zero attached hydrogens (tertiary/aromatic N) is 3. The van der Waals surface area contributed by atoms with Gasteiger partial charge in [0.1, 0.15) is 17.3 Å². The number of carbonyl (C=O) groups excluding carboxylic acids is 1. The van der Waals surface area contributed by atoms with E-state index >= 15 is 0 Å². The van der Waals surface area contributed by atoms with Gasteiger partial charge in [-0.1, -0.05) is 0 Å². The summed E-state index contributed by atoms with van der Waals surface area (Å²) < 4.78 is 6.75. The number of pyridine rings is 1. The fourth-order valence-electron chi connectivity index (χ4n) is 1.83. The quantitative estimate of drug-likeness (QED) is 0.844. The Morgan fingerprint density at radius 3 is 2.68 bits per heavy atom. The number of nitrogens with one attached hydrogen (secondary N) is 1. The van der Waals surface area contributed by atoms with Crippen molar-refractivity contribution >= 4 is 17.8 Å². The van der Waals surface area contributed by atoms with Crippen molar-refractivity contribution in [2.24, 2.45) is 7.05 Å². The minimum absolute atomic E-state index is 0.241. The van der Waals surface area contributed by atoms with E-state index in [2.05, 4.69) is 15.4 Å². The molecule has 116 valence electrons. The zero-order valence-electron chi connectivity index (χ0n) is 13.0. The lowest BCUT2D eigenvalue weighted by Crippen LogP contribution is -2.29. The lowest BCUT2D eigenvalue weighted by Gasteiger charge is -2.19. The average Bonchev–Trinajstić information content (AvgIpc) is 2.46. The molecule has 2 heterocycles. The van der Waals surface area contributed by atoms with Crippen LogP contribution < -0.4 is 15.6 Å². The molecule has 0 radical (unpaired) electrons. The highest BCUT2D eigenvalue weighted by molar-refractivity contribution is 5.62. The Balaban J connectivity index is 2.19. The first-order valence-corrected chi connectivity index (χ1v) is 6.74. The lowest BCUT2D eigenvalue weighted by molar-refractivity contribution is -0.119. The van der Waals surface area contributed by atoms with Crippen molar-refractivity contribution in [2.75, 3.05) is 5.32 Å². The van der Waals surface area contributed by atoms with Crippen molar-refractivity contribution in [3.8, 4) is 5.75 Å². The van der Waals surface area contributed by atoms with Crippen LogP contribution in [0.15, 0.2) is 29.2 Å². The standard InChI is InChI=1S/C15H18N4O3/c1-10-7-12(14(21)19(4)18-10)17-13-6-5-11(8-16-13)22-15(2,3)9-20/h5-9H,1-4H3,(H,16,17). The molecule has 2 aromatic heterocycles. The van der Waals surface area contributed by atoms with Crippen LogP contribution in [0.5, 0.6) is 5.75 Å². The summed E-state index contributed by atoms with van der Waals surface area (Å²) in [5.41, 5.74) is -0.0362. The summed E-state index contributed by atoms with van der Waals surface area (Å²) >= 11 is 0. The molecular formula is C15H18N4O3. The van der Waals surface area contributed by atoms with E-state index in [0.29, 0.717) is 17.3 Å². The number of anilines is 2. The molecule has 7 heteroatoms. The summed E-state index contributed by atoms with van der Waals surface area (Å²) in [5, 5.41) is 6.98. The minimum atomic E-state index is -0.908. The third-order valence-electron chi connectivity index (χ3n) is 2.85. The molecule has 1 N–H and O–H groups in total. The number of aromatic nitrogens is 3. The van der Waals surface area contributed by atoms with E-state index in [1.165, 1.54) is 10.9 Å². The summed E-state index contributed by atoms with van der Waals surface area (Å²) in [7, 11) is 1.59. The number of hydrogen-bond donors (Lipinski definition) is 1. The highest BCUT2D eigenvalue weighted by Gasteiger charge is 2.18. The Hall–Kier alpha value is -2.70. The van der Waals surface area contributed by atoms with Gasteiger partial charge in [0.25, 0.3) is 5.56 Å².